The third kappa shape index (κ3) is 7.72. The molecule has 6 heterocycles. The van der Waals surface area contributed by atoms with Gasteiger partial charge in [-0.2, -0.15) is 0 Å². The fourth-order valence-corrected chi connectivity index (χ4v) is 11.4. The topological polar surface area (TPSA) is 193 Å². The Bertz CT molecular complexity index is 2650. The standard InChI is InChI=1S/C49H58N8O8/c1-25(2)41(54-48(60)62-4)46(58)57-37-8-6-7-30(37)21-39(57)44-50-23-36(52-44)29-10-12-32-31(19-29)24-65-40-22-33-28(20-34(32)40)11-13-35-43(33)53-45(51-35)38-14-9-26(3)56(38)47(59)42(55-49(61)63-5)27-15-17-64-18-16-27/h10-13,19-20,22-23,25-27,30,37-39,41-42H,6-9,14-18,21,24H2,1-5H3,(H,50,52)(H,51,53)(H,54,60)(H,55,61)/t26-,30?,37-,38-,39-,41-,42-/m0/s1. The highest BCUT2D eigenvalue weighted by Crippen LogP contribution is 2.48. The van der Waals surface area contributed by atoms with Crippen molar-refractivity contribution in [3.05, 3.63) is 65.9 Å². The Morgan fingerprint density at radius 1 is 0.831 bits per heavy atom. The summed E-state index contributed by atoms with van der Waals surface area (Å²) >= 11 is 0. The van der Waals surface area contributed by atoms with Gasteiger partial charge in [0.1, 0.15) is 36.1 Å². The number of carbonyl (C=O) groups excluding carboxylic acids is 4. The van der Waals surface area contributed by atoms with Crippen LogP contribution in [0.15, 0.2) is 48.7 Å². The molecule has 10 rings (SSSR count). The number of nitrogens with one attached hydrogen (secondary N) is 4. The Labute approximate surface area is 377 Å². The van der Waals surface area contributed by atoms with E-state index in [0.717, 1.165) is 106 Å². The van der Waals surface area contributed by atoms with Crippen molar-refractivity contribution in [1.29, 1.82) is 0 Å². The van der Waals surface area contributed by atoms with Crippen LogP contribution in [-0.4, -0.2) is 105 Å². The maximum absolute atomic E-state index is 14.4. The zero-order valence-corrected chi connectivity index (χ0v) is 37.6. The minimum absolute atomic E-state index is 0.0375. The molecule has 65 heavy (non-hydrogen) atoms. The molecule has 5 aliphatic rings. The third-order valence-corrected chi connectivity index (χ3v) is 14.8. The number of hydrogen-bond acceptors (Lipinski definition) is 10. The molecule has 0 bridgehead atoms. The Balaban J connectivity index is 0.906. The van der Waals surface area contributed by atoms with Crippen LogP contribution in [0.2, 0.25) is 0 Å². The van der Waals surface area contributed by atoms with Gasteiger partial charge in [-0.05, 0) is 116 Å². The fraction of sp³-hybridized carbons (Fsp3) is 0.510. The van der Waals surface area contributed by atoms with Crippen LogP contribution in [0.25, 0.3) is 44.2 Å². The molecule has 3 saturated heterocycles. The average molecular weight is 887 g/mol. The predicted molar refractivity (Wildman–Crippen MR) is 242 cm³/mol. The van der Waals surface area contributed by atoms with Gasteiger partial charge in [-0.3, -0.25) is 9.59 Å². The first kappa shape index (κ1) is 42.8. The zero-order chi connectivity index (χ0) is 45.1. The highest BCUT2D eigenvalue weighted by molar-refractivity contribution is 6.07. The van der Waals surface area contributed by atoms with Gasteiger partial charge in [0, 0.05) is 36.2 Å². The monoisotopic (exact) mass is 886 g/mol. The van der Waals surface area contributed by atoms with E-state index in [1.807, 2.05) is 35.9 Å². The summed E-state index contributed by atoms with van der Waals surface area (Å²) in [5.74, 6) is 2.24. The van der Waals surface area contributed by atoms with Crippen LogP contribution in [0.5, 0.6) is 5.75 Å². The van der Waals surface area contributed by atoms with Gasteiger partial charge < -0.3 is 49.3 Å². The van der Waals surface area contributed by atoms with Crippen molar-refractivity contribution in [2.45, 2.75) is 115 Å². The van der Waals surface area contributed by atoms with E-state index in [1.165, 1.54) is 14.2 Å². The largest absolute Gasteiger partial charge is 0.488 e. The number of alkyl carbamates (subject to hydrolysis) is 2. The Kier molecular flexibility index (Phi) is 11.4. The minimum atomic E-state index is -0.721. The molecule has 5 aromatic rings. The van der Waals surface area contributed by atoms with Crippen LogP contribution >= 0.6 is 0 Å². The van der Waals surface area contributed by atoms with E-state index in [0.29, 0.717) is 38.6 Å². The second kappa shape index (κ2) is 17.3. The van der Waals surface area contributed by atoms with E-state index in [2.05, 4.69) is 63.9 Å². The van der Waals surface area contributed by atoms with Crippen LogP contribution < -0.4 is 15.4 Å². The number of amides is 4. The molecule has 1 unspecified atom stereocenters. The predicted octanol–water partition coefficient (Wildman–Crippen LogP) is 7.69. The first-order valence-corrected chi connectivity index (χ1v) is 23.2. The number of rotatable bonds is 9. The van der Waals surface area contributed by atoms with Gasteiger partial charge in [0.2, 0.25) is 11.8 Å². The Morgan fingerprint density at radius 3 is 2.42 bits per heavy atom. The van der Waals surface area contributed by atoms with Crippen molar-refractivity contribution in [2.75, 3.05) is 27.4 Å². The number of carbonyl (C=O) groups is 4. The molecule has 16 heteroatoms. The molecule has 342 valence electrons. The smallest absolute Gasteiger partial charge is 0.407 e. The van der Waals surface area contributed by atoms with Crippen molar-refractivity contribution < 1.29 is 38.1 Å². The molecule has 1 saturated carbocycles. The van der Waals surface area contributed by atoms with E-state index in [4.69, 9.17) is 28.9 Å². The number of fused-ring (bicyclic) bond motifs is 7. The van der Waals surface area contributed by atoms with Gasteiger partial charge >= 0.3 is 12.2 Å². The molecular formula is C49H58N8O8. The number of methoxy groups -OCH3 is 2. The van der Waals surface area contributed by atoms with Gasteiger partial charge in [0.15, 0.2) is 0 Å². The number of imidazole rings is 2. The van der Waals surface area contributed by atoms with Crippen molar-refractivity contribution in [2.24, 2.45) is 17.8 Å². The van der Waals surface area contributed by atoms with Gasteiger partial charge in [-0.1, -0.05) is 38.5 Å². The highest BCUT2D eigenvalue weighted by atomic mass is 16.5. The lowest BCUT2D eigenvalue weighted by atomic mass is 9.90. The third-order valence-electron chi connectivity index (χ3n) is 14.8. The second-order valence-electron chi connectivity index (χ2n) is 18.9. The van der Waals surface area contributed by atoms with Crippen LogP contribution in [0.1, 0.15) is 101 Å². The minimum Gasteiger partial charge on any atom is -0.488 e. The number of aromatic amines is 2. The van der Waals surface area contributed by atoms with E-state index in [-0.39, 0.29) is 47.8 Å². The van der Waals surface area contributed by atoms with Crippen LogP contribution in [-0.2, 0) is 30.4 Å². The normalized spacial score (nSPS) is 23.8. The summed E-state index contributed by atoms with van der Waals surface area (Å²) in [4.78, 5) is 74.4. The molecule has 1 aliphatic carbocycles. The highest BCUT2D eigenvalue weighted by Gasteiger charge is 2.49. The SMILES string of the molecule is COC(=O)N[C@H](C(=O)N1[C@H](c2ncc(-c3ccc4c(c3)COc3cc5c(ccc6[nH]c([C@@H]7CC[C@H](C)N7C(=O)[C@@H](NC(=O)OC)C7CCOCC7)nc65)cc3-4)[nH]2)CC2CCC[C@@H]21)C(C)C. The molecule has 4 N–H and O–H groups in total. The second-order valence-corrected chi connectivity index (χ2v) is 18.9. The summed E-state index contributed by atoms with van der Waals surface area (Å²) in [5.41, 5.74) is 6.65. The molecule has 3 aromatic carbocycles. The molecule has 4 aliphatic heterocycles. The van der Waals surface area contributed by atoms with Gasteiger partial charge in [0.05, 0.1) is 49.2 Å². The molecule has 0 radical (unpaired) electrons. The number of likely N-dealkylation sites (tertiary alicyclic amines) is 2. The van der Waals surface area contributed by atoms with Crippen LogP contribution in [0.4, 0.5) is 9.59 Å². The first-order chi connectivity index (χ1) is 31.5. The number of aromatic nitrogens is 4. The molecule has 4 amide bonds. The fourth-order valence-electron chi connectivity index (χ4n) is 11.4. The summed E-state index contributed by atoms with van der Waals surface area (Å²) in [5, 5.41) is 7.62. The molecule has 0 spiro atoms. The first-order valence-electron chi connectivity index (χ1n) is 23.2. The molecular weight excluding hydrogens is 829 g/mol. The lowest BCUT2D eigenvalue weighted by Crippen LogP contribution is -2.54. The molecule has 4 fully saturated rings. The lowest BCUT2D eigenvalue weighted by molar-refractivity contribution is -0.139. The summed E-state index contributed by atoms with van der Waals surface area (Å²) in [6.45, 7) is 7.40. The quantitative estimate of drug-likeness (QED) is 0.114. The van der Waals surface area contributed by atoms with E-state index < -0.39 is 24.3 Å². The average Bonchev–Trinajstić information content (AvgIpc) is 4.18. The zero-order valence-electron chi connectivity index (χ0n) is 37.6. The summed E-state index contributed by atoms with van der Waals surface area (Å²) in [7, 11) is 2.62. The molecule has 7 atom stereocenters. The van der Waals surface area contributed by atoms with Gasteiger partial charge in [-0.25, -0.2) is 19.6 Å². The molecule has 16 nitrogen and oxygen atoms in total. The number of benzene rings is 3. The van der Waals surface area contributed by atoms with Crippen molar-refractivity contribution in [1.82, 2.24) is 40.4 Å². The maximum Gasteiger partial charge on any atom is 0.407 e. The van der Waals surface area contributed by atoms with E-state index in [9.17, 15) is 19.2 Å². The summed E-state index contributed by atoms with van der Waals surface area (Å²) < 4.78 is 21.9. The van der Waals surface area contributed by atoms with Crippen molar-refractivity contribution >= 4 is 45.8 Å². The van der Waals surface area contributed by atoms with E-state index >= 15 is 0 Å². The number of nitrogens with zero attached hydrogens (tertiary/aromatic N) is 4. The van der Waals surface area contributed by atoms with Gasteiger partial charge in [0.25, 0.3) is 0 Å². The van der Waals surface area contributed by atoms with Crippen molar-refractivity contribution in [3.8, 4) is 28.1 Å². The van der Waals surface area contributed by atoms with Crippen LogP contribution in [0, 0.1) is 17.8 Å². The maximum atomic E-state index is 14.4. The number of hydrogen-bond donors (Lipinski definition) is 4. The van der Waals surface area contributed by atoms with Crippen LogP contribution in [0.3, 0.4) is 0 Å². The number of H-pyrrole nitrogens is 2. The van der Waals surface area contributed by atoms with E-state index in [1.54, 1.807) is 0 Å². The summed E-state index contributed by atoms with van der Waals surface area (Å²) in [6, 6.07) is 12.9. The summed E-state index contributed by atoms with van der Waals surface area (Å²) in [6.07, 6.45) is 7.45. The van der Waals surface area contributed by atoms with Crippen molar-refractivity contribution in [3.63, 3.8) is 0 Å². The molecule has 2 aromatic heterocycles. The lowest BCUT2D eigenvalue weighted by Gasteiger charge is -2.36. The van der Waals surface area contributed by atoms with Gasteiger partial charge in [-0.15, -0.1) is 0 Å². The Morgan fingerprint density at radius 2 is 1.63 bits per heavy atom. The number of ether oxygens (including phenoxy) is 4. The Hall–Kier alpha value is -6.16.